The highest BCUT2D eigenvalue weighted by molar-refractivity contribution is 6.12. The van der Waals surface area contributed by atoms with Gasteiger partial charge >= 0.3 is 0 Å². The molecule has 0 amide bonds. The second-order valence-corrected chi connectivity index (χ2v) is 19.4. The molecule has 4 heterocycles. The van der Waals surface area contributed by atoms with Crippen LogP contribution in [0.5, 0.6) is 0 Å². The number of para-hydroxylation sites is 5. The summed E-state index contributed by atoms with van der Waals surface area (Å²) < 4.78 is 4.89. The Bertz CT molecular complexity index is 4080. The van der Waals surface area contributed by atoms with E-state index in [1.54, 1.807) is 0 Å². The molecule has 0 atom stereocenters. The van der Waals surface area contributed by atoms with Gasteiger partial charge in [0.15, 0.2) is 5.82 Å². The zero-order valence-corrected chi connectivity index (χ0v) is 39.9. The average molecular weight is 922 g/mol. The van der Waals surface area contributed by atoms with Crippen molar-refractivity contribution < 1.29 is 0 Å². The van der Waals surface area contributed by atoms with Crippen LogP contribution in [-0.4, -0.2) is 19.1 Å². The van der Waals surface area contributed by atoms with Gasteiger partial charge in [-0.2, -0.15) is 0 Å². The number of fused-ring (bicyclic) bond motifs is 8. The molecule has 14 rings (SSSR count). The van der Waals surface area contributed by atoms with E-state index in [2.05, 4.69) is 252 Å². The number of nitrogens with zero attached hydrogens (tertiary/aromatic N) is 5. The molecule has 0 saturated carbocycles. The summed E-state index contributed by atoms with van der Waals surface area (Å²) in [6.07, 6.45) is 0. The molecule has 72 heavy (non-hydrogen) atoms. The van der Waals surface area contributed by atoms with Crippen LogP contribution >= 0.6 is 0 Å². The van der Waals surface area contributed by atoms with E-state index < -0.39 is 0 Å². The number of benzene rings is 10. The SMILES string of the molecule is CC1(C)c2ccccc2N(c2ccc3c(c2)c2ccccc2n3-c2cc(-c3ccc(-c4cc(-c5ccccc5)nc(-c5ccccc5)n4)cc3)cc(-n3c4ccccc4c4ccccc43)c2)c2ccccc21. The van der Waals surface area contributed by atoms with Crippen LogP contribution < -0.4 is 4.90 Å². The lowest BCUT2D eigenvalue weighted by molar-refractivity contribution is 0.632. The minimum absolute atomic E-state index is 0.142. The van der Waals surface area contributed by atoms with Gasteiger partial charge in [-0.1, -0.05) is 190 Å². The lowest BCUT2D eigenvalue weighted by Gasteiger charge is -2.42. The highest BCUT2D eigenvalue weighted by Crippen LogP contribution is 2.52. The van der Waals surface area contributed by atoms with E-state index >= 15 is 0 Å². The van der Waals surface area contributed by atoms with Gasteiger partial charge < -0.3 is 14.0 Å². The van der Waals surface area contributed by atoms with Crippen molar-refractivity contribution in [3.63, 3.8) is 0 Å². The van der Waals surface area contributed by atoms with Gasteiger partial charge in [0, 0.05) is 60.7 Å². The zero-order valence-electron chi connectivity index (χ0n) is 39.9. The third-order valence-corrected chi connectivity index (χ3v) is 14.9. The van der Waals surface area contributed by atoms with Crippen molar-refractivity contribution >= 4 is 60.7 Å². The first-order valence-corrected chi connectivity index (χ1v) is 24.7. The van der Waals surface area contributed by atoms with Crippen LogP contribution in [0.1, 0.15) is 25.0 Å². The average Bonchev–Trinajstić information content (AvgIpc) is 3.96. The van der Waals surface area contributed by atoms with E-state index in [1.807, 2.05) is 24.3 Å². The molecular weight excluding hydrogens is 875 g/mol. The van der Waals surface area contributed by atoms with Crippen LogP contribution in [0.4, 0.5) is 17.1 Å². The fraction of sp³-hybridized carbons (Fsp3) is 0.0448. The molecule has 5 nitrogen and oxygen atoms in total. The van der Waals surface area contributed by atoms with Crippen molar-refractivity contribution in [2.24, 2.45) is 0 Å². The maximum absolute atomic E-state index is 5.16. The molecule has 13 aromatic rings. The van der Waals surface area contributed by atoms with E-state index in [9.17, 15) is 0 Å². The van der Waals surface area contributed by atoms with E-state index in [0.29, 0.717) is 5.82 Å². The van der Waals surface area contributed by atoms with Crippen LogP contribution in [0.2, 0.25) is 0 Å². The molecule has 0 N–H and O–H groups in total. The highest BCUT2D eigenvalue weighted by atomic mass is 15.2. The molecule has 1 aliphatic rings. The van der Waals surface area contributed by atoms with Gasteiger partial charge in [0.25, 0.3) is 0 Å². The second kappa shape index (κ2) is 16.4. The molecule has 0 aliphatic carbocycles. The third-order valence-electron chi connectivity index (χ3n) is 14.9. The molecule has 0 saturated heterocycles. The highest BCUT2D eigenvalue weighted by Gasteiger charge is 2.36. The Morgan fingerprint density at radius 2 is 0.736 bits per heavy atom. The summed E-state index contributed by atoms with van der Waals surface area (Å²) >= 11 is 0. The molecule has 1 aliphatic heterocycles. The standard InChI is InChI=1S/C67H47N5/c1-67(2)56-26-12-17-31-64(56)70(65-32-18-13-27-57(65)67)49-37-38-63-55(42-49)54-25-11-16-30-62(54)72(63)51-40-48(39-50(41-51)71-60-28-14-9-23-52(60)53-24-10-15-29-61(53)71)44-33-35-46(36-34-44)59-43-58(45-19-5-3-6-20-45)68-66(69-59)47-21-7-4-8-22-47/h3-43H,1-2H3. The van der Waals surface area contributed by atoms with Crippen LogP contribution in [0.25, 0.3) is 100 Å². The number of rotatable bonds is 7. The Hall–Kier alpha value is -9.32. The van der Waals surface area contributed by atoms with Gasteiger partial charge in [0.05, 0.1) is 44.8 Å². The number of aromatic nitrogens is 4. The maximum atomic E-state index is 5.16. The lowest BCUT2D eigenvalue weighted by atomic mass is 9.73. The molecule has 340 valence electrons. The van der Waals surface area contributed by atoms with Gasteiger partial charge in [-0.25, -0.2) is 9.97 Å². The molecule has 0 bridgehead atoms. The van der Waals surface area contributed by atoms with E-state index in [0.717, 1.165) is 67.3 Å². The topological polar surface area (TPSA) is 38.9 Å². The van der Waals surface area contributed by atoms with Gasteiger partial charge in [-0.05, 0) is 95.1 Å². The molecular formula is C67H47N5. The number of anilines is 3. The van der Waals surface area contributed by atoms with Gasteiger partial charge in [-0.15, -0.1) is 0 Å². The van der Waals surface area contributed by atoms with Crippen molar-refractivity contribution in [2.75, 3.05) is 4.90 Å². The first-order valence-electron chi connectivity index (χ1n) is 24.7. The lowest BCUT2D eigenvalue weighted by Crippen LogP contribution is -2.30. The summed E-state index contributed by atoms with van der Waals surface area (Å²) in [5, 5.41) is 4.86. The van der Waals surface area contributed by atoms with Crippen molar-refractivity contribution in [1.82, 2.24) is 19.1 Å². The van der Waals surface area contributed by atoms with E-state index in [4.69, 9.17) is 9.97 Å². The van der Waals surface area contributed by atoms with Crippen molar-refractivity contribution in [3.8, 4) is 56.4 Å². The normalized spacial score (nSPS) is 12.9. The van der Waals surface area contributed by atoms with E-state index in [1.165, 1.54) is 55.1 Å². The first kappa shape index (κ1) is 41.6. The van der Waals surface area contributed by atoms with Gasteiger partial charge in [0.1, 0.15) is 0 Å². The summed E-state index contributed by atoms with van der Waals surface area (Å²) in [6.45, 7) is 4.69. The molecule has 0 fully saturated rings. The predicted molar refractivity (Wildman–Crippen MR) is 299 cm³/mol. The van der Waals surface area contributed by atoms with Crippen LogP contribution in [0, 0.1) is 0 Å². The van der Waals surface area contributed by atoms with Gasteiger partial charge in [-0.3, -0.25) is 0 Å². The maximum Gasteiger partial charge on any atom is 0.160 e. The Morgan fingerprint density at radius 3 is 1.29 bits per heavy atom. The third kappa shape index (κ3) is 6.62. The van der Waals surface area contributed by atoms with Crippen LogP contribution in [0.3, 0.4) is 0 Å². The van der Waals surface area contributed by atoms with Gasteiger partial charge in [0.2, 0.25) is 0 Å². The molecule has 3 aromatic heterocycles. The van der Waals surface area contributed by atoms with Crippen molar-refractivity contribution in [2.45, 2.75) is 19.3 Å². The monoisotopic (exact) mass is 921 g/mol. The molecule has 0 radical (unpaired) electrons. The largest absolute Gasteiger partial charge is 0.310 e. The molecule has 10 aromatic carbocycles. The summed E-state index contributed by atoms with van der Waals surface area (Å²) in [7, 11) is 0. The van der Waals surface area contributed by atoms with Crippen molar-refractivity contribution in [3.05, 3.63) is 260 Å². The molecule has 0 unspecified atom stereocenters. The zero-order chi connectivity index (χ0) is 47.9. The minimum atomic E-state index is -0.142. The summed E-state index contributed by atoms with van der Waals surface area (Å²) in [4.78, 5) is 12.7. The number of hydrogen-bond donors (Lipinski definition) is 0. The molecule has 5 heteroatoms. The van der Waals surface area contributed by atoms with Crippen molar-refractivity contribution in [1.29, 1.82) is 0 Å². The van der Waals surface area contributed by atoms with E-state index in [-0.39, 0.29) is 5.41 Å². The quantitative estimate of drug-likeness (QED) is 0.160. The Balaban J connectivity index is 0.959. The smallest absolute Gasteiger partial charge is 0.160 e. The summed E-state index contributed by atoms with van der Waals surface area (Å²) in [5.74, 6) is 0.701. The van der Waals surface area contributed by atoms with Crippen LogP contribution in [-0.2, 0) is 5.41 Å². The predicted octanol–water partition coefficient (Wildman–Crippen LogP) is 17.4. The molecule has 0 spiro atoms. The second-order valence-electron chi connectivity index (χ2n) is 19.4. The fourth-order valence-corrected chi connectivity index (χ4v) is 11.4. The fourth-order valence-electron chi connectivity index (χ4n) is 11.4. The summed E-state index contributed by atoms with van der Waals surface area (Å²) in [5.41, 5.74) is 19.9. The first-order chi connectivity index (χ1) is 35.5. The Morgan fingerprint density at radius 1 is 0.306 bits per heavy atom. The minimum Gasteiger partial charge on any atom is -0.310 e. The number of hydrogen-bond acceptors (Lipinski definition) is 3. The Labute approximate surface area is 418 Å². The Kier molecular flexibility index (Phi) is 9.48. The van der Waals surface area contributed by atoms with Crippen LogP contribution in [0.15, 0.2) is 249 Å². The summed E-state index contributed by atoms with van der Waals surface area (Å²) in [6, 6.07) is 89.9.